The van der Waals surface area contributed by atoms with Crippen molar-refractivity contribution in [3.63, 3.8) is 0 Å². The Bertz CT molecular complexity index is 4570. The highest BCUT2D eigenvalue weighted by molar-refractivity contribution is 7.91. The summed E-state index contributed by atoms with van der Waals surface area (Å²) < 4.78 is 45.8. The molecular formula is C62H38N4O4S. The van der Waals surface area contributed by atoms with Crippen LogP contribution in [0.5, 0.6) is 0 Å². The van der Waals surface area contributed by atoms with Gasteiger partial charge in [-0.25, -0.2) is 8.42 Å². The molecule has 13 aromatic rings. The number of aromatic nitrogens is 2. The number of para-hydroxylation sites is 4. The fourth-order valence-electron chi connectivity index (χ4n) is 11.1. The van der Waals surface area contributed by atoms with Gasteiger partial charge in [0.05, 0.1) is 60.1 Å². The van der Waals surface area contributed by atoms with E-state index in [-0.39, 0.29) is 9.79 Å². The first-order valence-electron chi connectivity index (χ1n) is 23.4. The van der Waals surface area contributed by atoms with E-state index in [1.54, 1.807) is 12.1 Å². The summed E-state index contributed by atoms with van der Waals surface area (Å²) in [5.41, 5.74) is 14.1. The summed E-state index contributed by atoms with van der Waals surface area (Å²) in [7, 11) is -3.89. The molecule has 0 saturated heterocycles. The number of hydrogen-bond acceptors (Lipinski definition) is 6. The van der Waals surface area contributed by atoms with Gasteiger partial charge >= 0.3 is 0 Å². The molecule has 0 atom stereocenters. The van der Waals surface area contributed by atoms with Crippen molar-refractivity contribution in [1.29, 1.82) is 5.26 Å². The quantitative estimate of drug-likeness (QED) is 0.170. The highest BCUT2D eigenvalue weighted by Gasteiger charge is 2.31. The maximum absolute atomic E-state index is 14.0. The van der Waals surface area contributed by atoms with Crippen molar-refractivity contribution < 1.29 is 17.3 Å². The molecule has 0 amide bonds. The van der Waals surface area contributed by atoms with Gasteiger partial charge < -0.3 is 22.9 Å². The smallest absolute Gasteiger partial charge is 0.206 e. The van der Waals surface area contributed by atoms with Crippen molar-refractivity contribution in [3.05, 3.63) is 229 Å². The fraction of sp³-hybridized carbons (Fsp3) is 0.0161. The van der Waals surface area contributed by atoms with Gasteiger partial charge in [-0.05, 0) is 133 Å². The van der Waals surface area contributed by atoms with Crippen LogP contribution in [0.15, 0.2) is 225 Å². The van der Waals surface area contributed by atoms with Crippen LogP contribution in [-0.4, -0.2) is 24.1 Å². The zero-order valence-electron chi connectivity index (χ0n) is 37.9. The van der Waals surface area contributed by atoms with Crippen molar-refractivity contribution >= 4 is 109 Å². The molecule has 9 heteroatoms. The van der Waals surface area contributed by atoms with Crippen LogP contribution in [0.2, 0.25) is 0 Å². The van der Waals surface area contributed by atoms with Crippen LogP contribution in [0.4, 0.5) is 11.4 Å². The minimum Gasteiger partial charge on any atom is -0.456 e. The first-order chi connectivity index (χ1) is 34.9. The molecule has 1 aliphatic heterocycles. The summed E-state index contributed by atoms with van der Waals surface area (Å²) in [6.07, 6.45) is 4.39. The zero-order chi connectivity index (χ0) is 47.5. The van der Waals surface area contributed by atoms with Gasteiger partial charge in [0.2, 0.25) is 9.84 Å². The number of sulfone groups is 1. The Morgan fingerprint density at radius 3 is 1.66 bits per heavy atom. The topological polar surface area (TPSA) is 97.3 Å². The molecule has 14 rings (SSSR count). The predicted octanol–water partition coefficient (Wildman–Crippen LogP) is 15.5. The lowest BCUT2D eigenvalue weighted by molar-refractivity contribution is 0.596. The number of anilines is 2. The molecule has 0 N–H and O–H groups in total. The number of fused-ring (bicyclic) bond motifs is 16. The summed E-state index contributed by atoms with van der Waals surface area (Å²) in [4.78, 5) is 2.52. The highest BCUT2D eigenvalue weighted by Crippen LogP contribution is 2.51. The van der Waals surface area contributed by atoms with E-state index >= 15 is 0 Å². The molecule has 0 aliphatic carbocycles. The molecule has 0 spiro atoms. The molecule has 0 bridgehead atoms. The minimum atomic E-state index is -3.89. The monoisotopic (exact) mass is 934 g/mol. The van der Waals surface area contributed by atoms with Crippen LogP contribution in [0.25, 0.3) is 99.6 Å². The van der Waals surface area contributed by atoms with E-state index in [4.69, 9.17) is 15.4 Å². The first-order valence-corrected chi connectivity index (χ1v) is 24.9. The SMILES string of the molecule is C=C1c2c(n(-c3ccccc3)c3c2ccc2oc4ccccc4c23)/C=C\CN(c2ccc(S(=O)(=O)c3ccc(C#N)cc3)cc2)c2ccc3c(c21)c1ccc2oc4ccccc4c2c1n3-c1ccccc1. The van der Waals surface area contributed by atoms with Crippen LogP contribution in [0.3, 0.4) is 0 Å². The molecule has 0 saturated carbocycles. The maximum Gasteiger partial charge on any atom is 0.206 e. The molecular weight excluding hydrogens is 897 g/mol. The lowest BCUT2D eigenvalue weighted by Gasteiger charge is -2.27. The van der Waals surface area contributed by atoms with Gasteiger partial charge in [-0.3, -0.25) is 0 Å². The van der Waals surface area contributed by atoms with Crippen molar-refractivity contribution in [3.8, 4) is 17.4 Å². The van der Waals surface area contributed by atoms with E-state index in [2.05, 4.69) is 141 Å². The summed E-state index contributed by atoms with van der Waals surface area (Å²) in [5.74, 6) is 0. The molecule has 5 heterocycles. The third-order valence-electron chi connectivity index (χ3n) is 14.2. The van der Waals surface area contributed by atoms with Gasteiger partial charge in [-0.15, -0.1) is 0 Å². The first kappa shape index (κ1) is 40.7. The molecule has 0 unspecified atom stereocenters. The van der Waals surface area contributed by atoms with Crippen molar-refractivity contribution in [2.45, 2.75) is 9.79 Å². The van der Waals surface area contributed by atoms with E-state index < -0.39 is 9.84 Å². The number of benzene rings is 9. The minimum absolute atomic E-state index is 0.123. The number of nitriles is 1. The Kier molecular flexibility index (Phi) is 8.78. The number of rotatable bonds is 5. The van der Waals surface area contributed by atoms with Gasteiger partial charge in [-0.1, -0.05) is 85.5 Å². The summed E-state index contributed by atoms with van der Waals surface area (Å²) in [6.45, 7) is 5.60. The van der Waals surface area contributed by atoms with Gasteiger partial charge in [0.25, 0.3) is 0 Å². The Morgan fingerprint density at radius 1 is 0.493 bits per heavy atom. The van der Waals surface area contributed by atoms with Crippen LogP contribution >= 0.6 is 0 Å². The molecule has 0 radical (unpaired) electrons. The molecule has 71 heavy (non-hydrogen) atoms. The Labute approximate surface area is 406 Å². The number of nitrogens with zero attached hydrogens (tertiary/aromatic N) is 4. The van der Waals surface area contributed by atoms with Crippen LogP contribution < -0.4 is 4.90 Å². The third-order valence-corrected chi connectivity index (χ3v) is 15.9. The normalized spacial score (nSPS) is 13.5. The lowest BCUT2D eigenvalue weighted by atomic mass is 9.90. The van der Waals surface area contributed by atoms with Gasteiger partial charge in [0.15, 0.2) is 0 Å². The average molecular weight is 935 g/mol. The average Bonchev–Trinajstić information content (AvgIpc) is 4.18. The van der Waals surface area contributed by atoms with Crippen LogP contribution in [0.1, 0.15) is 22.4 Å². The standard InChI is InChI=1S/C62H38N4O4S/c1-38-56-47-30-34-54-59(45-17-8-10-20-52(45)69-54)61(47)65(41-13-4-2-5-14-41)50(56)19-12-36-64(40-24-28-44(29-25-40)71(67,68)43-26-22-39(37-63)23-27-43)49-32-33-51-58(57(38)49)48-31-35-55-60(46-18-9-11-21-53(46)70-55)62(48)66(51)42-15-6-3-7-16-42/h2-35H,1,36H2/b19-12-. The highest BCUT2D eigenvalue weighted by atomic mass is 32.2. The van der Waals surface area contributed by atoms with Gasteiger partial charge in [0, 0.05) is 61.7 Å². The second kappa shape index (κ2) is 15.3. The zero-order valence-corrected chi connectivity index (χ0v) is 38.7. The second-order valence-corrected chi connectivity index (χ2v) is 19.9. The number of hydrogen-bond donors (Lipinski definition) is 0. The Balaban J connectivity index is 1.10. The molecule has 1 aliphatic rings. The van der Waals surface area contributed by atoms with Crippen molar-refractivity contribution in [2.24, 2.45) is 0 Å². The number of furan rings is 2. The van der Waals surface area contributed by atoms with E-state index in [1.807, 2.05) is 48.5 Å². The second-order valence-electron chi connectivity index (χ2n) is 17.9. The summed E-state index contributed by atoms with van der Waals surface area (Å²) in [6, 6.07) is 65.5. The van der Waals surface area contributed by atoms with E-state index in [0.717, 1.165) is 122 Å². The van der Waals surface area contributed by atoms with E-state index in [0.29, 0.717) is 12.1 Å². The van der Waals surface area contributed by atoms with Crippen LogP contribution in [0, 0.1) is 11.3 Å². The summed E-state index contributed by atoms with van der Waals surface area (Å²) in [5, 5.41) is 16.6. The maximum atomic E-state index is 14.0. The molecule has 9 aromatic carbocycles. The molecule has 0 fully saturated rings. The van der Waals surface area contributed by atoms with Crippen LogP contribution in [-0.2, 0) is 9.84 Å². The largest absolute Gasteiger partial charge is 0.456 e. The summed E-state index contributed by atoms with van der Waals surface area (Å²) >= 11 is 0. The Hall–Kier alpha value is -9.36. The molecule has 4 aromatic heterocycles. The van der Waals surface area contributed by atoms with Gasteiger partial charge in [0.1, 0.15) is 22.3 Å². The van der Waals surface area contributed by atoms with Crippen molar-refractivity contribution in [2.75, 3.05) is 11.4 Å². The Morgan fingerprint density at radius 2 is 1.04 bits per heavy atom. The van der Waals surface area contributed by atoms with Crippen molar-refractivity contribution in [1.82, 2.24) is 9.13 Å². The molecule has 8 nitrogen and oxygen atoms in total. The fourth-order valence-corrected chi connectivity index (χ4v) is 12.3. The van der Waals surface area contributed by atoms with E-state index in [9.17, 15) is 13.7 Å². The van der Waals surface area contributed by atoms with Gasteiger partial charge in [-0.2, -0.15) is 5.26 Å². The third kappa shape index (κ3) is 5.92. The molecule has 336 valence electrons. The predicted molar refractivity (Wildman–Crippen MR) is 286 cm³/mol. The lowest BCUT2D eigenvalue weighted by Crippen LogP contribution is -2.18. The van der Waals surface area contributed by atoms with E-state index in [1.165, 1.54) is 24.3 Å².